The fourth-order valence-electron chi connectivity index (χ4n) is 2.39. The lowest BCUT2D eigenvalue weighted by molar-refractivity contribution is 0.354. The van der Waals surface area contributed by atoms with Crippen molar-refractivity contribution in [2.75, 3.05) is 12.4 Å². The van der Waals surface area contributed by atoms with Crippen LogP contribution in [0.5, 0.6) is 0 Å². The minimum absolute atomic E-state index is 0.822. The van der Waals surface area contributed by atoms with E-state index in [2.05, 4.69) is 15.3 Å². The van der Waals surface area contributed by atoms with Crippen molar-refractivity contribution in [2.45, 2.75) is 38.5 Å². The van der Waals surface area contributed by atoms with Gasteiger partial charge in [0, 0.05) is 19.4 Å². The molecule has 0 bridgehead atoms. The Bertz CT molecular complexity index is 305. The molecule has 2 rings (SSSR count). The summed E-state index contributed by atoms with van der Waals surface area (Å²) in [6, 6.07) is 0. The summed E-state index contributed by atoms with van der Waals surface area (Å²) < 4.78 is 0. The molecule has 82 valence electrons. The van der Waals surface area contributed by atoms with E-state index in [1.165, 1.54) is 32.1 Å². The standard InChI is InChI=1S/C12H19N3/c1-13-12-11(14-7-8-15-12)9-10-5-3-2-4-6-10/h7-8,10H,2-6,9H2,1H3,(H,13,15). The summed E-state index contributed by atoms with van der Waals surface area (Å²) in [6.45, 7) is 0. The van der Waals surface area contributed by atoms with Gasteiger partial charge < -0.3 is 5.32 Å². The molecule has 1 heterocycles. The van der Waals surface area contributed by atoms with Gasteiger partial charge in [-0.15, -0.1) is 0 Å². The Hall–Kier alpha value is -1.12. The fraction of sp³-hybridized carbons (Fsp3) is 0.667. The molecular weight excluding hydrogens is 186 g/mol. The van der Waals surface area contributed by atoms with Crippen LogP contribution in [-0.4, -0.2) is 17.0 Å². The molecule has 3 heteroatoms. The van der Waals surface area contributed by atoms with Crippen molar-refractivity contribution in [3.8, 4) is 0 Å². The Labute approximate surface area is 91.3 Å². The maximum atomic E-state index is 4.42. The third-order valence-corrected chi connectivity index (χ3v) is 3.22. The molecule has 0 aliphatic heterocycles. The quantitative estimate of drug-likeness (QED) is 0.824. The van der Waals surface area contributed by atoms with Gasteiger partial charge >= 0.3 is 0 Å². The van der Waals surface area contributed by atoms with Crippen LogP contribution >= 0.6 is 0 Å². The van der Waals surface area contributed by atoms with Crippen molar-refractivity contribution < 1.29 is 0 Å². The maximum Gasteiger partial charge on any atom is 0.147 e. The predicted molar refractivity (Wildman–Crippen MR) is 61.9 cm³/mol. The van der Waals surface area contributed by atoms with Crippen LogP contribution in [0.2, 0.25) is 0 Å². The fourth-order valence-corrected chi connectivity index (χ4v) is 2.39. The highest BCUT2D eigenvalue weighted by molar-refractivity contribution is 5.38. The monoisotopic (exact) mass is 205 g/mol. The van der Waals surface area contributed by atoms with Gasteiger partial charge in [0.15, 0.2) is 0 Å². The van der Waals surface area contributed by atoms with E-state index in [0.717, 1.165) is 23.9 Å². The maximum absolute atomic E-state index is 4.42. The summed E-state index contributed by atoms with van der Waals surface area (Å²) in [5.41, 5.74) is 1.13. The van der Waals surface area contributed by atoms with Gasteiger partial charge in [-0.2, -0.15) is 0 Å². The summed E-state index contributed by atoms with van der Waals surface area (Å²) in [6.07, 6.45) is 11.5. The van der Waals surface area contributed by atoms with Crippen molar-refractivity contribution in [1.82, 2.24) is 9.97 Å². The molecule has 0 aromatic carbocycles. The number of nitrogens with zero attached hydrogens (tertiary/aromatic N) is 2. The van der Waals surface area contributed by atoms with E-state index in [0.29, 0.717) is 0 Å². The van der Waals surface area contributed by atoms with E-state index in [1.807, 2.05) is 7.05 Å². The lowest BCUT2D eigenvalue weighted by Crippen LogP contribution is -2.12. The largest absolute Gasteiger partial charge is 0.372 e. The van der Waals surface area contributed by atoms with Crippen LogP contribution in [-0.2, 0) is 6.42 Å². The normalized spacial score (nSPS) is 17.7. The first-order chi connectivity index (χ1) is 7.40. The number of anilines is 1. The first-order valence-corrected chi connectivity index (χ1v) is 5.88. The van der Waals surface area contributed by atoms with Gasteiger partial charge in [0.2, 0.25) is 0 Å². The molecule has 0 atom stereocenters. The van der Waals surface area contributed by atoms with Crippen LogP contribution in [0.25, 0.3) is 0 Å². The summed E-state index contributed by atoms with van der Waals surface area (Å²) >= 11 is 0. The van der Waals surface area contributed by atoms with Gasteiger partial charge in [0.05, 0.1) is 5.69 Å². The number of rotatable bonds is 3. The highest BCUT2D eigenvalue weighted by Gasteiger charge is 2.16. The van der Waals surface area contributed by atoms with E-state index in [1.54, 1.807) is 12.4 Å². The van der Waals surface area contributed by atoms with Crippen molar-refractivity contribution in [3.05, 3.63) is 18.1 Å². The van der Waals surface area contributed by atoms with Crippen LogP contribution in [0, 0.1) is 5.92 Å². The molecule has 1 N–H and O–H groups in total. The third-order valence-electron chi connectivity index (χ3n) is 3.22. The molecule has 0 radical (unpaired) electrons. The van der Waals surface area contributed by atoms with Crippen molar-refractivity contribution in [2.24, 2.45) is 5.92 Å². The van der Waals surface area contributed by atoms with Gasteiger partial charge in [-0.05, 0) is 12.3 Å². The minimum atomic E-state index is 0.822. The number of nitrogens with one attached hydrogen (secondary N) is 1. The molecule has 1 aromatic rings. The lowest BCUT2D eigenvalue weighted by Gasteiger charge is -2.21. The molecule has 15 heavy (non-hydrogen) atoms. The van der Waals surface area contributed by atoms with Gasteiger partial charge in [0.25, 0.3) is 0 Å². The number of aromatic nitrogens is 2. The average Bonchev–Trinajstić information content (AvgIpc) is 2.31. The highest BCUT2D eigenvalue weighted by Crippen LogP contribution is 2.27. The minimum Gasteiger partial charge on any atom is -0.372 e. The second kappa shape index (κ2) is 5.10. The molecule has 1 aliphatic carbocycles. The Kier molecular flexibility index (Phi) is 3.54. The highest BCUT2D eigenvalue weighted by atomic mass is 15.0. The molecule has 1 fully saturated rings. The zero-order valence-corrected chi connectivity index (χ0v) is 9.37. The Morgan fingerprint density at radius 3 is 2.67 bits per heavy atom. The zero-order valence-electron chi connectivity index (χ0n) is 9.37. The van der Waals surface area contributed by atoms with E-state index < -0.39 is 0 Å². The first kappa shape index (κ1) is 10.4. The SMILES string of the molecule is CNc1nccnc1CC1CCCCC1. The van der Waals surface area contributed by atoms with Crippen LogP contribution in [0.1, 0.15) is 37.8 Å². The average molecular weight is 205 g/mol. The topological polar surface area (TPSA) is 37.8 Å². The third kappa shape index (κ3) is 2.67. The van der Waals surface area contributed by atoms with Crippen LogP contribution in [0.15, 0.2) is 12.4 Å². The van der Waals surface area contributed by atoms with Crippen LogP contribution in [0.3, 0.4) is 0 Å². The number of hydrogen-bond acceptors (Lipinski definition) is 3. The van der Waals surface area contributed by atoms with E-state index >= 15 is 0 Å². The number of hydrogen-bond donors (Lipinski definition) is 1. The Balaban J connectivity index is 2.02. The first-order valence-electron chi connectivity index (χ1n) is 5.88. The smallest absolute Gasteiger partial charge is 0.147 e. The Morgan fingerprint density at radius 2 is 1.93 bits per heavy atom. The summed E-state index contributed by atoms with van der Waals surface area (Å²) in [4.78, 5) is 8.71. The van der Waals surface area contributed by atoms with Gasteiger partial charge in [-0.3, -0.25) is 4.98 Å². The van der Waals surface area contributed by atoms with Crippen molar-refractivity contribution >= 4 is 5.82 Å². The second-order valence-electron chi connectivity index (χ2n) is 4.31. The van der Waals surface area contributed by atoms with E-state index in [9.17, 15) is 0 Å². The molecule has 3 nitrogen and oxygen atoms in total. The van der Waals surface area contributed by atoms with Crippen LogP contribution < -0.4 is 5.32 Å². The van der Waals surface area contributed by atoms with Gasteiger partial charge in [-0.1, -0.05) is 32.1 Å². The molecule has 0 amide bonds. The van der Waals surface area contributed by atoms with E-state index in [4.69, 9.17) is 0 Å². The van der Waals surface area contributed by atoms with E-state index in [-0.39, 0.29) is 0 Å². The molecular formula is C12H19N3. The molecule has 1 aromatic heterocycles. The summed E-state index contributed by atoms with van der Waals surface area (Å²) in [7, 11) is 1.91. The van der Waals surface area contributed by atoms with Gasteiger partial charge in [-0.25, -0.2) is 4.98 Å². The summed E-state index contributed by atoms with van der Waals surface area (Å²) in [5.74, 6) is 1.77. The molecule has 0 spiro atoms. The van der Waals surface area contributed by atoms with Crippen LogP contribution in [0.4, 0.5) is 5.82 Å². The zero-order chi connectivity index (χ0) is 10.5. The lowest BCUT2D eigenvalue weighted by atomic mass is 9.86. The molecule has 0 saturated heterocycles. The van der Waals surface area contributed by atoms with Crippen molar-refractivity contribution in [3.63, 3.8) is 0 Å². The molecule has 1 saturated carbocycles. The second-order valence-corrected chi connectivity index (χ2v) is 4.31. The van der Waals surface area contributed by atoms with Gasteiger partial charge in [0.1, 0.15) is 5.82 Å². The van der Waals surface area contributed by atoms with Crippen molar-refractivity contribution in [1.29, 1.82) is 0 Å². The molecule has 0 unspecified atom stereocenters. The predicted octanol–water partition coefficient (Wildman–Crippen LogP) is 2.64. The summed E-state index contributed by atoms with van der Waals surface area (Å²) in [5, 5.41) is 3.11. The molecule has 1 aliphatic rings. The Morgan fingerprint density at radius 1 is 1.20 bits per heavy atom.